The molecule has 1 aromatic heterocycles. The van der Waals surface area contributed by atoms with Gasteiger partial charge in [0.15, 0.2) is 0 Å². The van der Waals surface area contributed by atoms with E-state index in [0.717, 1.165) is 24.6 Å². The number of rotatable bonds is 1. The zero-order valence-electron chi connectivity index (χ0n) is 11.7. The van der Waals surface area contributed by atoms with Crippen LogP contribution >= 0.6 is 0 Å². The second-order valence-electron chi connectivity index (χ2n) is 6.01. The van der Waals surface area contributed by atoms with Crippen LogP contribution in [0.25, 0.3) is 0 Å². The minimum absolute atomic E-state index is 0.0963. The van der Waals surface area contributed by atoms with Crippen LogP contribution in [0.2, 0.25) is 0 Å². The fourth-order valence-electron chi connectivity index (χ4n) is 3.58. The van der Waals surface area contributed by atoms with E-state index in [4.69, 9.17) is 4.74 Å². The molecule has 1 N–H and O–H groups in total. The van der Waals surface area contributed by atoms with Gasteiger partial charge in [0, 0.05) is 24.2 Å². The van der Waals surface area contributed by atoms with Crippen LogP contribution in [0.4, 0.5) is 5.82 Å². The molecule has 6 nitrogen and oxygen atoms in total. The van der Waals surface area contributed by atoms with Crippen LogP contribution in [-0.4, -0.2) is 52.7 Å². The maximum atomic E-state index is 6.20. The van der Waals surface area contributed by atoms with Gasteiger partial charge < -0.3 is 4.74 Å². The average molecular weight is 273 g/mol. The van der Waals surface area contributed by atoms with E-state index >= 15 is 0 Å². The highest BCUT2D eigenvalue weighted by Crippen LogP contribution is 2.40. The first-order valence-corrected chi connectivity index (χ1v) is 7.25. The van der Waals surface area contributed by atoms with E-state index in [0.29, 0.717) is 11.9 Å². The van der Waals surface area contributed by atoms with E-state index in [2.05, 4.69) is 25.2 Å². The average Bonchev–Trinajstić information content (AvgIpc) is 2.83. The number of anilines is 1. The number of piperidine rings is 3. The Morgan fingerprint density at radius 1 is 1.35 bits per heavy atom. The fraction of sp³-hybridized carbons (Fsp3) is 0.643. The summed E-state index contributed by atoms with van der Waals surface area (Å²) >= 11 is 0. The number of hydrogen-bond acceptors (Lipinski definition) is 6. The van der Waals surface area contributed by atoms with Crippen LogP contribution in [0, 0.1) is 12.8 Å². The molecule has 20 heavy (non-hydrogen) atoms. The highest BCUT2D eigenvalue weighted by molar-refractivity contribution is 5.89. The molecule has 3 fully saturated rings. The molecule has 5 heterocycles. The molecule has 0 aromatic carbocycles. The first kappa shape index (κ1) is 12.1. The first-order chi connectivity index (χ1) is 9.73. The minimum atomic E-state index is -0.0963. The van der Waals surface area contributed by atoms with Gasteiger partial charge in [0.2, 0.25) is 0 Å². The fourth-order valence-corrected chi connectivity index (χ4v) is 3.58. The third kappa shape index (κ3) is 1.95. The monoisotopic (exact) mass is 273 g/mol. The summed E-state index contributed by atoms with van der Waals surface area (Å²) in [6.45, 7) is 6.14. The Hall–Kier alpha value is -1.69. The van der Waals surface area contributed by atoms with Gasteiger partial charge in [-0.15, -0.1) is 0 Å². The van der Waals surface area contributed by atoms with Gasteiger partial charge in [-0.2, -0.15) is 0 Å². The standard InChI is InChI=1S/C14H19N5O/c1-10-6-12(17-9-16-10)18-13-15-7-14(20-13)8-19-4-2-11(14)3-5-19/h6,9,11H,2-5,7-8H2,1H3,(H,15,16,17,18)/t14-/m0/s1. The normalized spacial score (nSPS) is 35.0. The summed E-state index contributed by atoms with van der Waals surface area (Å²) in [4.78, 5) is 15.3. The van der Waals surface area contributed by atoms with Crippen molar-refractivity contribution in [2.24, 2.45) is 10.9 Å². The molecule has 4 aliphatic heterocycles. The highest BCUT2D eigenvalue weighted by Gasteiger charge is 2.51. The number of nitrogens with zero attached hydrogens (tertiary/aromatic N) is 4. The highest BCUT2D eigenvalue weighted by atomic mass is 16.5. The second-order valence-corrected chi connectivity index (χ2v) is 6.01. The zero-order valence-corrected chi connectivity index (χ0v) is 11.7. The molecule has 0 unspecified atom stereocenters. The Labute approximate surface area is 118 Å². The summed E-state index contributed by atoms with van der Waals surface area (Å²) in [5.74, 6) is 1.39. The van der Waals surface area contributed by atoms with Crippen molar-refractivity contribution in [3.8, 4) is 0 Å². The van der Waals surface area contributed by atoms with Crippen LogP contribution < -0.4 is 5.32 Å². The van der Waals surface area contributed by atoms with Crippen molar-refractivity contribution in [1.29, 1.82) is 0 Å². The Kier molecular flexibility index (Phi) is 2.66. The summed E-state index contributed by atoms with van der Waals surface area (Å²) in [5, 5.41) is 3.17. The Morgan fingerprint density at radius 2 is 2.20 bits per heavy atom. The van der Waals surface area contributed by atoms with Crippen molar-refractivity contribution >= 4 is 11.8 Å². The molecule has 0 aliphatic carbocycles. The molecule has 0 saturated carbocycles. The summed E-state index contributed by atoms with van der Waals surface area (Å²) in [6.07, 6.45) is 4.02. The second kappa shape index (κ2) is 4.41. The van der Waals surface area contributed by atoms with Gasteiger partial charge in [-0.25, -0.2) is 15.0 Å². The molecule has 1 spiro atoms. The topological polar surface area (TPSA) is 62.6 Å². The van der Waals surface area contributed by atoms with Crippen molar-refractivity contribution in [1.82, 2.24) is 14.9 Å². The van der Waals surface area contributed by atoms with E-state index in [1.165, 1.54) is 25.9 Å². The molecule has 3 saturated heterocycles. The number of fused-ring (bicyclic) bond motifs is 2. The zero-order chi connectivity index (χ0) is 13.6. The molecule has 6 heteroatoms. The first-order valence-electron chi connectivity index (χ1n) is 7.25. The van der Waals surface area contributed by atoms with Crippen molar-refractivity contribution in [2.75, 3.05) is 31.5 Å². The van der Waals surface area contributed by atoms with E-state index < -0.39 is 0 Å². The van der Waals surface area contributed by atoms with E-state index in [9.17, 15) is 0 Å². The summed E-state index contributed by atoms with van der Waals surface area (Å²) in [5.41, 5.74) is 0.833. The summed E-state index contributed by atoms with van der Waals surface area (Å²) in [7, 11) is 0. The molecule has 2 bridgehead atoms. The van der Waals surface area contributed by atoms with Crippen molar-refractivity contribution in [2.45, 2.75) is 25.4 Å². The number of aryl methyl sites for hydroxylation is 1. The van der Waals surface area contributed by atoms with Crippen molar-refractivity contribution in [3.05, 3.63) is 18.1 Å². The van der Waals surface area contributed by atoms with Crippen LogP contribution in [0.1, 0.15) is 18.5 Å². The number of aliphatic imine (C=N–C) groups is 1. The lowest BCUT2D eigenvalue weighted by atomic mass is 9.75. The molecule has 0 radical (unpaired) electrons. The van der Waals surface area contributed by atoms with Gasteiger partial charge >= 0.3 is 0 Å². The molecule has 106 valence electrons. The molecular formula is C14H19N5O. The lowest BCUT2D eigenvalue weighted by molar-refractivity contribution is -0.0829. The van der Waals surface area contributed by atoms with Gasteiger partial charge in [0.25, 0.3) is 6.02 Å². The number of hydrogen-bond donors (Lipinski definition) is 1. The quantitative estimate of drug-likeness (QED) is 0.828. The van der Waals surface area contributed by atoms with Crippen molar-refractivity contribution in [3.63, 3.8) is 0 Å². The van der Waals surface area contributed by atoms with Crippen LogP contribution in [0.5, 0.6) is 0 Å². The minimum Gasteiger partial charge on any atom is -0.455 e. The lowest BCUT2D eigenvalue weighted by Crippen LogP contribution is -2.61. The number of ether oxygens (including phenoxy) is 1. The van der Waals surface area contributed by atoms with Gasteiger partial charge in [-0.1, -0.05) is 0 Å². The van der Waals surface area contributed by atoms with E-state index in [-0.39, 0.29) is 5.60 Å². The Morgan fingerprint density at radius 3 is 2.90 bits per heavy atom. The number of nitrogens with one attached hydrogen (secondary N) is 1. The van der Waals surface area contributed by atoms with E-state index in [1.54, 1.807) is 6.33 Å². The lowest BCUT2D eigenvalue weighted by Gasteiger charge is -2.50. The predicted octanol–water partition coefficient (Wildman–Crippen LogP) is 1.05. The summed E-state index contributed by atoms with van der Waals surface area (Å²) < 4.78 is 6.20. The predicted molar refractivity (Wildman–Crippen MR) is 75.7 cm³/mol. The maximum Gasteiger partial charge on any atom is 0.291 e. The third-order valence-corrected chi connectivity index (χ3v) is 4.65. The van der Waals surface area contributed by atoms with Gasteiger partial charge in [-0.3, -0.25) is 10.2 Å². The van der Waals surface area contributed by atoms with Crippen LogP contribution in [0.3, 0.4) is 0 Å². The van der Waals surface area contributed by atoms with Crippen molar-refractivity contribution < 1.29 is 4.74 Å². The maximum absolute atomic E-state index is 6.20. The molecule has 1 aromatic rings. The number of aromatic nitrogens is 2. The molecule has 5 rings (SSSR count). The molecule has 1 atom stereocenters. The SMILES string of the molecule is Cc1cc(NC2=NC[C@@]3(CN4CCC3CC4)O2)ncn1. The van der Waals surface area contributed by atoms with Gasteiger partial charge in [0.1, 0.15) is 17.7 Å². The molecule has 0 amide bonds. The molecule has 4 aliphatic rings. The van der Waals surface area contributed by atoms with Gasteiger partial charge in [-0.05, 0) is 32.9 Å². The van der Waals surface area contributed by atoms with E-state index in [1.807, 2.05) is 13.0 Å². The van der Waals surface area contributed by atoms with Crippen LogP contribution in [0.15, 0.2) is 17.4 Å². The Balaban J connectivity index is 1.48. The van der Waals surface area contributed by atoms with Gasteiger partial charge in [0.05, 0.1) is 6.54 Å². The smallest absolute Gasteiger partial charge is 0.291 e. The molecular weight excluding hydrogens is 254 g/mol. The van der Waals surface area contributed by atoms with Crippen LogP contribution in [-0.2, 0) is 4.74 Å². The third-order valence-electron chi connectivity index (χ3n) is 4.65. The number of amidine groups is 1. The Bertz CT molecular complexity index is 552. The largest absolute Gasteiger partial charge is 0.455 e. The summed E-state index contributed by atoms with van der Waals surface area (Å²) in [6, 6.07) is 2.50.